The van der Waals surface area contributed by atoms with Crippen LogP contribution in [0.3, 0.4) is 0 Å². The van der Waals surface area contributed by atoms with Gasteiger partial charge in [-0.15, -0.1) is 11.3 Å². The van der Waals surface area contributed by atoms with Crippen LogP contribution in [0.15, 0.2) is 46.2 Å². The molecule has 3 aromatic rings. The molecule has 0 saturated heterocycles. The number of rotatable bonds is 3. The molecule has 0 aliphatic carbocycles. The third-order valence-corrected chi connectivity index (χ3v) is 5.21. The quantitative estimate of drug-likeness (QED) is 0.773. The second-order valence-electron chi connectivity index (χ2n) is 3.67. The van der Waals surface area contributed by atoms with Crippen LogP contribution in [0.4, 0.5) is 5.69 Å². The van der Waals surface area contributed by atoms with Crippen molar-refractivity contribution in [3.8, 4) is 0 Å². The fourth-order valence-corrected chi connectivity index (χ4v) is 3.66. The van der Waals surface area contributed by atoms with Crippen LogP contribution in [0.5, 0.6) is 0 Å². The van der Waals surface area contributed by atoms with E-state index in [-0.39, 0.29) is 0 Å². The molecule has 0 aliphatic rings. The third kappa shape index (κ3) is 1.98. The summed E-state index contributed by atoms with van der Waals surface area (Å²) in [5.74, 6) is 0. The fraction of sp³-hybridized carbons (Fsp3) is 0. The number of nitrogens with one attached hydrogen (secondary N) is 2. The predicted molar refractivity (Wildman–Crippen MR) is 71.2 cm³/mol. The van der Waals surface area contributed by atoms with E-state index in [9.17, 15) is 8.42 Å². The average Bonchev–Trinajstić information content (AvgIpc) is 2.99. The fourth-order valence-electron chi connectivity index (χ4n) is 1.62. The molecule has 0 unspecified atom stereocenters. The summed E-state index contributed by atoms with van der Waals surface area (Å²) < 4.78 is 26.9. The smallest absolute Gasteiger partial charge is 0.271 e. The number of thiophene rings is 1. The van der Waals surface area contributed by atoms with Gasteiger partial charge in [-0.1, -0.05) is 6.07 Å². The first-order valence-electron chi connectivity index (χ1n) is 5.15. The molecule has 3 rings (SSSR count). The number of H-pyrrole nitrogens is 1. The minimum atomic E-state index is -3.49. The second kappa shape index (κ2) is 4.11. The average molecular weight is 279 g/mol. The highest BCUT2D eigenvalue weighted by molar-refractivity contribution is 7.94. The summed E-state index contributed by atoms with van der Waals surface area (Å²) in [5.41, 5.74) is 2.11. The Morgan fingerprint density at radius 1 is 1.28 bits per heavy atom. The molecule has 0 aliphatic heterocycles. The zero-order valence-corrected chi connectivity index (χ0v) is 10.8. The number of sulfonamides is 1. The van der Waals surface area contributed by atoms with Gasteiger partial charge in [0.05, 0.1) is 23.0 Å². The lowest BCUT2D eigenvalue weighted by atomic mass is 10.3. The molecular formula is C11H9N3O2S2. The lowest BCUT2D eigenvalue weighted by Gasteiger charge is -2.05. The molecular weight excluding hydrogens is 270 g/mol. The Balaban J connectivity index is 1.97. The number of imidazole rings is 1. The number of fused-ring (bicyclic) bond motifs is 1. The number of aromatic nitrogens is 2. The van der Waals surface area contributed by atoms with E-state index in [1.807, 2.05) is 0 Å². The maximum atomic E-state index is 12.0. The van der Waals surface area contributed by atoms with Gasteiger partial charge in [0.25, 0.3) is 10.0 Å². The number of benzene rings is 1. The van der Waals surface area contributed by atoms with Crippen LogP contribution in [-0.4, -0.2) is 18.4 Å². The molecule has 2 aromatic heterocycles. The van der Waals surface area contributed by atoms with Crippen molar-refractivity contribution in [3.63, 3.8) is 0 Å². The Bertz CT molecular complexity index is 776. The maximum Gasteiger partial charge on any atom is 0.271 e. The molecule has 0 atom stereocenters. The Labute approximate surface area is 108 Å². The van der Waals surface area contributed by atoms with Crippen molar-refractivity contribution in [2.75, 3.05) is 4.72 Å². The largest absolute Gasteiger partial charge is 0.345 e. The highest BCUT2D eigenvalue weighted by Crippen LogP contribution is 2.22. The van der Waals surface area contributed by atoms with Gasteiger partial charge in [0.15, 0.2) is 0 Å². The van der Waals surface area contributed by atoms with E-state index in [0.717, 1.165) is 11.0 Å². The van der Waals surface area contributed by atoms with Crippen LogP contribution in [0, 0.1) is 0 Å². The van der Waals surface area contributed by atoms with Crippen LogP contribution >= 0.6 is 11.3 Å². The maximum absolute atomic E-state index is 12.0. The molecule has 0 bridgehead atoms. The molecule has 2 N–H and O–H groups in total. The number of anilines is 1. The molecule has 2 heterocycles. The molecule has 0 radical (unpaired) electrons. The molecule has 0 fully saturated rings. The summed E-state index contributed by atoms with van der Waals surface area (Å²) in [6.07, 6.45) is 1.57. The van der Waals surface area contributed by atoms with Crippen molar-refractivity contribution in [1.82, 2.24) is 9.97 Å². The Kier molecular flexibility index (Phi) is 2.57. The van der Waals surface area contributed by atoms with Gasteiger partial charge in [0, 0.05) is 0 Å². The minimum absolute atomic E-state index is 0.298. The van der Waals surface area contributed by atoms with Crippen molar-refractivity contribution in [2.45, 2.75) is 4.21 Å². The standard InChI is InChI=1S/C11H9N3O2S2/c15-18(16,11-2-1-5-17-11)14-8-3-4-9-10(6-8)13-7-12-9/h1-7,14H,(H,12,13). The second-order valence-corrected chi connectivity index (χ2v) is 6.53. The molecule has 7 heteroatoms. The number of hydrogen-bond acceptors (Lipinski definition) is 4. The summed E-state index contributed by atoms with van der Waals surface area (Å²) in [5, 5.41) is 1.73. The first-order valence-corrected chi connectivity index (χ1v) is 7.51. The van der Waals surface area contributed by atoms with Gasteiger partial charge >= 0.3 is 0 Å². The first kappa shape index (κ1) is 11.2. The van der Waals surface area contributed by atoms with E-state index in [1.54, 1.807) is 42.0 Å². The summed E-state index contributed by atoms with van der Waals surface area (Å²) in [7, 11) is -3.49. The molecule has 0 amide bonds. The van der Waals surface area contributed by atoms with Crippen molar-refractivity contribution in [1.29, 1.82) is 0 Å². The molecule has 0 saturated carbocycles. The molecule has 5 nitrogen and oxygen atoms in total. The summed E-state index contributed by atoms with van der Waals surface area (Å²) in [6.45, 7) is 0. The van der Waals surface area contributed by atoms with E-state index in [4.69, 9.17) is 0 Å². The van der Waals surface area contributed by atoms with Crippen molar-refractivity contribution in [3.05, 3.63) is 42.0 Å². The van der Waals surface area contributed by atoms with Crippen molar-refractivity contribution < 1.29 is 8.42 Å². The van der Waals surface area contributed by atoms with Crippen molar-refractivity contribution in [2.24, 2.45) is 0 Å². The normalized spacial score (nSPS) is 11.8. The summed E-state index contributed by atoms with van der Waals surface area (Å²) >= 11 is 1.18. The van der Waals surface area contributed by atoms with Gasteiger partial charge in [-0.3, -0.25) is 4.72 Å². The van der Waals surface area contributed by atoms with Crippen LogP contribution in [0.2, 0.25) is 0 Å². The molecule has 92 valence electrons. The summed E-state index contributed by atoms with van der Waals surface area (Å²) in [4.78, 5) is 7.01. The van der Waals surface area contributed by atoms with Crippen molar-refractivity contribution >= 4 is 38.1 Å². The Hall–Kier alpha value is -1.86. The third-order valence-electron chi connectivity index (χ3n) is 2.43. The Morgan fingerprint density at radius 2 is 2.17 bits per heavy atom. The Morgan fingerprint density at radius 3 is 2.94 bits per heavy atom. The van der Waals surface area contributed by atoms with E-state index in [0.29, 0.717) is 9.90 Å². The number of nitrogens with zero attached hydrogens (tertiary/aromatic N) is 1. The highest BCUT2D eigenvalue weighted by Gasteiger charge is 2.15. The van der Waals surface area contributed by atoms with E-state index < -0.39 is 10.0 Å². The van der Waals surface area contributed by atoms with E-state index >= 15 is 0 Å². The topological polar surface area (TPSA) is 74.8 Å². The van der Waals surface area contributed by atoms with Gasteiger partial charge < -0.3 is 4.98 Å². The van der Waals surface area contributed by atoms with Gasteiger partial charge in [-0.25, -0.2) is 13.4 Å². The van der Waals surface area contributed by atoms with E-state index in [2.05, 4.69) is 14.7 Å². The van der Waals surface area contributed by atoms with Gasteiger partial charge in [0.2, 0.25) is 0 Å². The monoisotopic (exact) mass is 279 g/mol. The zero-order valence-electron chi connectivity index (χ0n) is 9.12. The van der Waals surface area contributed by atoms with Gasteiger partial charge in [0.1, 0.15) is 4.21 Å². The predicted octanol–water partition coefficient (Wildman–Crippen LogP) is 2.43. The SMILES string of the molecule is O=S(=O)(Nc1ccc2nc[nH]c2c1)c1cccs1. The van der Waals surface area contributed by atoms with Crippen LogP contribution in [0.25, 0.3) is 11.0 Å². The molecule has 0 spiro atoms. The van der Waals surface area contributed by atoms with E-state index in [1.165, 1.54) is 11.3 Å². The zero-order chi connectivity index (χ0) is 12.6. The minimum Gasteiger partial charge on any atom is -0.345 e. The van der Waals surface area contributed by atoms with Gasteiger partial charge in [-0.2, -0.15) is 0 Å². The lowest BCUT2D eigenvalue weighted by Crippen LogP contribution is -2.11. The van der Waals surface area contributed by atoms with Crippen LogP contribution in [0.1, 0.15) is 0 Å². The van der Waals surface area contributed by atoms with Crippen LogP contribution in [-0.2, 0) is 10.0 Å². The number of aromatic amines is 1. The lowest BCUT2D eigenvalue weighted by molar-refractivity contribution is 0.603. The molecule has 18 heavy (non-hydrogen) atoms. The van der Waals surface area contributed by atoms with Gasteiger partial charge in [-0.05, 0) is 29.6 Å². The first-order chi connectivity index (χ1) is 8.65. The van der Waals surface area contributed by atoms with Crippen LogP contribution < -0.4 is 4.72 Å². The molecule has 1 aromatic carbocycles. The number of hydrogen-bond donors (Lipinski definition) is 2. The summed E-state index contributed by atoms with van der Waals surface area (Å²) in [6, 6.07) is 8.44. The highest BCUT2D eigenvalue weighted by atomic mass is 32.2.